The van der Waals surface area contributed by atoms with Crippen LogP contribution in [0.25, 0.3) is 10.9 Å². The average molecular weight is 296 g/mol. The van der Waals surface area contributed by atoms with Crippen LogP contribution in [0.3, 0.4) is 0 Å². The van der Waals surface area contributed by atoms with Gasteiger partial charge >= 0.3 is 6.18 Å². The molecule has 3 rings (SSSR count). The van der Waals surface area contributed by atoms with Gasteiger partial charge in [-0.2, -0.15) is 13.2 Å². The van der Waals surface area contributed by atoms with E-state index in [0.29, 0.717) is 12.2 Å². The Morgan fingerprint density at radius 2 is 2.05 bits per heavy atom. The van der Waals surface area contributed by atoms with E-state index in [2.05, 4.69) is 9.97 Å². The van der Waals surface area contributed by atoms with Crippen LogP contribution >= 0.6 is 0 Å². The molecule has 0 unspecified atom stereocenters. The summed E-state index contributed by atoms with van der Waals surface area (Å²) in [7, 11) is 0. The van der Waals surface area contributed by atoms with Crippen molar-refractivity contribution in [3.63, 3.8) is 0 Å². The lowest BCUT2D eigenvalue weighted by molar-refractivity contribution is -0.138. The molecule has 1 aromatic heterocycles. The molecule has 0 saturated heterocycles. The minimum Gasteiger partial charge on any atom is -0.310 e. The molecule has 0 bridgehead atoms. The molecule has 1 aromatic carbocycles. The summed E-state index contributed by atoms with van der Waals surface area (Å²) in [4.78, 5) is 19.0. The van der Waals surface area contributed by atoms with E-state index in [4.69, 9.17) is 0 Å². The molecule has 3 nitrogen and oxygen atoms in total. The number of aromatic nitrogens is 2. The van der Waals surface area contributed by atoms with E-state index in [9.17, 15) is 18.0 Å². The van der Waals surface area contributed by atoms with E-state index in [1.165, 1.54) is 6.07 Å². The molecule has 1 aliphatic rings. The summed E-state index contributed by atoms with van der Waals surface area (Å²) >= 11 is 0. The monoisotopic (exact) mass is 296 g/mol. The van der Waals surface area contributed by atoms with Crippen LogP contribution in [0.5, 0.6) is 0 Å². The van der Waals surface area contributed by atoms with Crippen LogP contribution in [0.1, 0.15) is 49.1 Å². The lowest BCUT2D eigenvalue weighted by Gasteiger charge is -2.13. The standard InChI is InChI=1S/C15H15F3N2O/c1-2-3-9-6-10-12(7-11(9)15(16,17)18)19-13(8-4-5-8)20-14(10)21/h6-8H,2-5H2,1H3,(H,19,20,21). The molecule has 0 atom stereocenters. The number of hydrogen-bond acceptors (Lipinski definition) is 2. The first kappa shape index (κ1) is 14.1. The van der Waals surface area contributed by atoms with Crippen molar-refractivity contribution in [2.45, 2.75) is 44.7 Å². The van der Waals surface area contributed by atoms with Gasteiger partial charge in [-0.25, -0.2) is 4.98 Å². The number of halogens is 3. The number of aryl methyl sites for hydroxylation is 1. The second-order valence-electron chi connectivity index (χ2n) is 5.50. The van der Waals surface area contributed by atoms with Gasteiger partial charge in [0.1, 0.15) is 5.82 Å². The fourth-order valence-corrected chi connectivity index (χ4v) is 2.54. The quantitative estimate of drug-likeness (QED) is 0.937. The molecule has 1 aliphatic carbocycles. The summed E-state index contributed by atoms with van der Waals surface area (Å²) < 4.78 is 39.5. The van der Waals surface area contributed by atoms with Crippen molar-refractivity contribution >= 4 is 10.9 Å². The highest BCUT2D eigenvalue weighted by Crippen LogP contribution is 2.38. The molecular weight excluding hydrogens is 281 g/mol. The van der Waals surface area contributed by atoms with Crippen molar-refractivity contribution in [3.05, 3.63) is 39.4 Å². The Bertz CT molecular complexity index is 745. The smallest absolute Gasteiger partial charge is 0.310 e. The van der Waals surface area contributed by atoms with Crippen LogP contribution in [-0.2, 0) is 12.6 Å². The van der Waals surface area contributed by atoms with Gasteiger partial charge in [-0.1, -0.05) is 13.3 Å². The summed E-state index contributed by atoms with van der Waals surface area (Å²) in [6, 6.07) is 2.35. The topological polar surface area (TPSA) is 45.8 Å². The second kappa shape index (κ2) is 4.86. The van der Waals surface area contributed by atoms with Gasteiger partial charge in [-0.05, 0) is 37.0 Å². The minimum absolute atomic E-state index is 0.132. The number of fused-ring (bicyclic) bond motifs is 1. The highest BCUT2D eigenvalue weighted by atomic mass is 19.4. The number of alkyl halides is 3. The Balaban J connectivity index is 2.25. The van der Waals surface area contributed by atoms with Crippen molar-refractivity contribution in [1.82, 2.24) is 9.97 Å². The van der Waals surface area contributed by atoms with Gasteiger partial charge in [0.05, 0.1) is 16.5 Å². The highest BCUT2D eigenvalue weighted by Gasteiger charge is 2.34. The third kappa shape index (κ3) is 2.66. The first-order chi connectivity index (χ1) is 9.90. The van der Waals surface area contributed by atoms with Crippen LogP contribution in [0.2, 0.25) is 0 Å². The number of nitrogens with zero attached hydrogens (tertiary/aromatic N) is 1. The SMILES string of the molecule is CCCc1cc2c(=O)[nH]c(C3CC3)nc2cc1C(F)(F)F. The Morgan fingerprint density at radius 1 is 1.33 bits per heavy atom. The molecule has 112 valence electrons. The summed E-state index contributed by atoms with van der Waals surface area (Å²) in [5, 5.41) is 0.232. The zero-order valence-corrected chi connectivity index (χ0v) is 11.5. The molecule has 1 saturated carbocycles. The maximum atomic E-state index is 13.2. The summed E-state index contributed by atoms with van der Waals surface area (Å²) in [6.45, 7) is 1.81. The van der Waals surface area contributed by atoms with E-state index >= 15 is 0 Å². The average Bonchev–Trinajstić information content (AvgIpc) is 3.22. The third-order valence-electron chi connectivity index (χ3n) is 3.74. The molecule has 21 heavy (non-hydrogen) atoms. The van der Waals surface area contributed by atoms with Crippen molar-refractivity contribution in [1.29, 1.82) is 0 Å². The van der Waals surface area contributed by atoms with E-state index in [-0.39, 0.29) is 34.4 Å². The molecule has 1 fully saturated rings. The van der Waals surface area contributed by atoms with Crippen LogP contribution in [0, 0.1) is 0 Å². The Labute approximate surface area is 119 Å². The van der Waals surface area contributed by atoms with Crippen LogP contribution < -0.4 is 5.56 Å². The first-order valence-electron chi connectivity index (χ1n) is 7.04. The molecule has 0 spiro atoms. The predicted molar refractivity (Wildman–Crippen MR) is 73.3 cm³/mol. The van der Waals surface area contributed by atoms with E-state index in [1.807, 2.05) is 6.92 Å². The van der Waals surface area contributed by atoms with E-state index in [0.717, 1.165) is 18.9 Å². The number of rotatable bonds is 3. The van der Waals surface area contributed by atoms with Gasteiger partial charge in [-0.15, -0.1) is 0 Å². The molecule has 0 radical (unpaired) electrons. The Kier molecular flexibility index (Phi) is 3.26. The van der Waals surface area contributed by atoms with Crippen molar-refractivity contribution in [2.24, 2.45) is 0 Å². The maximum Gasteiger partial charge on any atom is 0.416 e. The number of benzene rings is 1. The molecule has 1 N–H and O–H groups in total. The van der Waals surface area contributed by atoms with Gasteiger partial charge in [0.25, 0.3) is 5.56 Å². The molecule has 6 heteroatoms. The van der Waals surface area contributed by atoms with Gasteiger partial charge < -0.3 is 4.98 Å². The number of H-pyrrole nitrogens is 1. The highest BCUT2D eigenvalue weighted by molar-refractivity contribution is 5.79. The first-order valence-corrected chi connectivity index (χ1v) is 7.04. The summed E-state index contributed by atoms with van der Waals surface area (Å²) in [5.41, 5.74) is -0.749. The molecule has 2 aromatic rings. The minimum atomic E-state index is -4.43. The molecule has 0 amide bonds. The molecular formula is C15H15F3N2O. The maximum absolute atomic E-state index is 13.2. The van der Waals surface area contributed by atoms with E-state index in [1.54, 1.807) is 0 Å². The largest absolute Gasteiger partial charge is 0.416 e. The lowest BCUT2D eigenvalue weighted by Crippen LogP contribution is -2.15. The number of aromatic amines is 1. The van der Waals surface area contributed by atoms with Crippen molar-refractivity contribution in [2.75, 3.05) is 0 Å². The third-order valence-corrected chi connectivity index (χ3v) is 3.74. The zero-order chi connectivity index (χ0) is 15.2. The normalized spacial score (nSPS) is 15.6. The number of hydrogen-bond donors (Lipinski definition) is 1. The van der Waals surface area contributed by atoms with Gasteiger partial charge in [0.2, 0.25) is 0 Å². The van der Waals surface area contributed by atoms with Crippen molar-refractivity contribution in [3.8, 4) is 0 Å². The Hall–Kier alpha value is -1.85. The second-order valence-corrected chi connectivity index (χ2v) is 5.50. The summed E-state index contributed by atoms with van der Waals surface area (Å²) in [6.07, 6.45) is -1.71. The lowest BCUT2D eigenvalue weighted by atomic mass is 10.00. The van der Waals surface area contributed by atoms with Crippen LogP contribution in [0.15, 0.2) is 16.9 Å². The Morgan fingerprint density at radius 3 is 2.62 bits per heavy atom. The van der Waals surface area contributed by atoms with Crippen LogP contribution in [-0.4, -0.2) is 9.97 Å². The van der Waals surface area contributed by atoms with Gasteiger partial charge in [0, 0.05) is 5.92 Å². The van der Waals surface area contributed by atoms with Gasteiger partial charge in [0.15, 0.2) is 0 Å². The zero-order valence-electron chi connectivity index (χ0n) is 11.5. The number of nitrogens with one attached hydrogen (secondary N) is 1. The van der Waals surface area contributed by atoms with Crippen molar-refractivity contribution < 1.29 is 13.2 Å². The van der Waals surface area contributed by atoms with Crippen LogP contribution in [0.4, 0.5) is 13.2 Å². The molecule has 0 aliphatic heterocycles. The van der Waals surface area contributed by atoms with E-state index < -0.39 is 11.7 Å². The fraction of sp³-hybridized carbons (Fsp3) is 0.467. The molecule has 1 heterocycles. The predicted octanol–water partition coefficient (Wildman–Crippen LogP) is 3.77. The summed E-state index contributed by atoms with van der Waals surface area (Å²) in [5.74, 6) is 0.690. The van der Waals surface area contributed by atoms with Gasteiger partial charge in [-0.3, -0.25) is 4.79 Å². The fourth-order valence-electron chi connectivity index (χ4n) is 2.54.